The second kappa shape index (κ2) is 12.0. The minimum Gasteiger partial charge on any atom is -0.341 e. The van der Waals surface area contributed by atoms with Crippen molar-refractivity contribution in [1.82, 2.24) is 14.7 Å². The summed E-state index contributed by atoms with van der Waals surface area (Å²) in [5.41, 5.74) is 1.32. The summed E-state index contributed by atoms with van der Waals surface area (Å²) in [4.78, 5) is 20.5. The molecule has 0 radical (unpaired) electrons. The number of carbonyl (C=O) groups excluding carboxylic acids is 1. The van der Waals surface area contributed by atoms with Crippen LogP contribution in [-0.4, -0.2) is 72.5 Å². The first-order valence-electron chi connectivity index (χ1n) is 13.9. The van der Waals surface area contributed by atoms with Crippen molar-refractivity contribution < 1.29 is 9.18 Å². The van der Waals surface area contributed by atoms with Crippen molar-refractivity contribution in [2.75, 3.05) is 45.8 Å². The molecule has 1 amide bonds. The van der Waals surface area contributed by atoms with Crippen molar-refractivity contribution in [3.63, 3.8) is 0 Å². The molecule has 200 valence electrons. The molecule has 2 aromatic rings. The van der Waals surface area contributed by atoms with E-state index in [1.807, 2.05) is 17.0 Å². The van der Waals surface area contributed by atoms with E-state index in [-0.39, 0.29) is 23.3 Å². The molecule has 37 heavy (non-hydrogen) atoms. The summed E-state index contributed by atoms with van der Waals surface area (Å²) in [6, 6.07) is 13.5. The van der Waals surface area contributed by atoms with Gasteiger partial charge in [0.15, 0.2) is 0 Å². The molecule has 0 N–H and O–H groups in total. The minimum absolute atomic E-state index is 0.0136. The van der Waals surface area contributed by atoms with Crippen molar-refractivity contribution >= 4 is 29.1 Å². The zero-order valence-corrected chi connectivity index (χ0v) is 23.1. The van der Waals surface area contributed by atoms with Crippen LogP contribution in [0.2, 0.25) is 10.0 Å². The number of benzene rings is 2. The molecule has 4 nitrogen and oxygen atoms in total. The van der Waals surface area contributed by atoms with Gasteiger partial charge in [0.05, 0.1) is 6.42 Å². The Morgan fingerprint density at radius 3 is 2.46 bits per heavy atom. The van der Waals surface area contributed by atoms with Gasteiger partial charge in [-0.25, -0.2) is 4.39 Å². The van der Waals surface area contributed by atoms with Crippen LogP contribution in [0.1, 0.15) is 56.1 Å². The monoisotopic (exact) mass is 545 g/mol. The third-order valence-electron chi connectivity index (χ3n) is 8.94. The topological polar surface area (TPSA) is 26.8 Å². The Kier molecular flexibility index (Phi) is 8.75. The van der Waals surface area contributed by atoms with E-state index in [0.29, 0.717) is 18.1 Å². The molecule has 2 saturated heterocycles. The molecule has 3 aliphatic rings. The molecule has 2 heterocycles. The maximum Gasteiger partial charge on any atom is 0.227 e. The predicted molar refractivity (Wildman–Crippen MR) is 149 cm³/mol. The molecule has 1 aliphatic carbocycles. The van der Waals surface area contributed by atoms with Gasteiger partial charge in [-0.15, -0.1) is 0 Å². The SMILES string of the molecule is O=C(Cc1c(F)cccc1Cl)N1CC[C@@](CCN2CCN(C3CCCCC3)CC2)(c2cccc(Cl)c2)C1. The smallest absolute Gasteiger partial charge is 0.227 e. The van der Waals surface area contributed by atoms with Crippen molar-refractivity contribution in [2.24, 2.45) is 0 Å². The van der Waals surface area contributed by atoms with Gasteiger partial charge in [0.2, 0.25) is 5.91 Å². The van der Waals surface area contributed by atoms with Gasteiger partial charge in [-0.2, -0.15) is 0 Å². The van der Waals surface area contributed by atoms with Crippen molar-refractivity contribution in [3.8, 4) is 0 Å². The average molecular weight is 547 g/mol. The average Bonchev–Trinajstić information content (AvgIpc) is 3.36. The van der Waals surface area contributed by atoms with E-state index in [4.69, 9.17) is 23.2 Å². The molecule has 0 bridgehead atoms. The lowest BCUT2D eigenvalue weighted by atomic mass is 9.76. The van der Waals surface area contributed by atoms with Crippen molar-refractivity contribution in [3.05, 3.63) is 69.5 Å². The quantitative estimate of drug-likeness (QED) is 0.415. The molecule has 1 atom stereocenters. The standard InChI is InChI=1S/C30H38Cl2FN3O/c31-24-7-4-6-23(20-24)30(12-14-34-16-18-35(19-17-34)25-8-2-1-3-9-25)13-15-36(22-30)29(37)21-26-27(32)10-5-11-28(26)33/h4-7,10-11,20,25H,1-3,8-9,12-19,21-22H2/t30-/m1/s1. The number of nitrogens with zero attached hydrogens (tertiary/aromatic N) is 3. The highest BCUT2D eigenvalue weighted by Crippen LogP contribution is 2.39. The molecule has 3 fully saturated rings. The Labute approximate surface area is 230 Å². The molecule has 0 spiro atoms. The predicted octanol–water partition coefficient (Wildman–Crippen LogP) is 6.19. The summed E-state index contributed by atoms with van der Waals surface area (Å²) >= 11 is 12.6. The molecular weight excluding hydrogens is 508 g/mol. The van der Waals surface area contributed by atoms with Crippen LogP contribution < -0.4 is 0 Å². The van der Waals surface area contributed by atoms with Crippen LogP contribution in [0.3, 0.4) is 0 Å². The summed E-state index contributed by atoms with van der Waals surface area (Å²) in [5.74, 6) is -0.495. The van der Waals surface area contributed by atoms with E-state index in [2.05, 4.69) is 21.9 Å². The van der Waals surface area contributed by atoms with E-state index in [1.165, 1.54) is 43.7 Å². The minimum atomic E-state index is -0.423. The van der Waals surface area contributed by atoms with E-state index in [1.54, 1.807) is 12.1 Å². The molecule has 1 saturated carbocycles. The number of hydrogen-bond acceptors (Lipinski definition) is 3. The summed E-state index contributed by atoms with van der Waals surface area (Å²) in [6.07, 6.45) is 8.72. The Balaban J connectivity index is 1.24. The number of likely N-dealkylation sites (tertiary alicyclic amines) is 1. The number of amides is 1. The maximum absolute atomic E-state index is 14.4. The maximum atomic E-state index is 14.4. The zero-order chi connectivity index (χ0) is 25.8. The van der Waals surface area contributed by atoms with E-state index < -0.39 is 5.82 Å². The summed E-state index contributed by atoms with van der Waals surface area (Å²) in [6.45, 7) is 6.82. The fraction of sp³-hybridized carbons (Fsp3) is 0.567. The molecular formula is C30H38Cl2FN3O. The Morgan fingerprint density at radius 1 is 0.973 bits per heavy atom. The fourth-order valence-electron chi connectivity index (χ4n) is 6.62. The number of carbonyl (C=O) groups is 1. The first-order valence-corrected chi connectivity index (χ1v) is 14.6. The summed E-state index contributed by atoms with van der Waals surface area (Å²) < 4.78 is 14.4. The largest absolute Gasteiger partial charge is 0.341 e. The highest BCUT2D eigenvalue weighted by atomic mass is 35.5. The Morgan fingerprint density at radius 2 is 1.73 bits per heavy atom. The van der Waals surface area contributed by atoms with Gasteiger partial charge in [0.25, 0.3) is 0 Å². The number of rotatable bonds is 7. The van der Waals surface area contributed by atoms with Gasteiger partial charge in [-0.3, -0.25) is 9.69 Å². The van der Waals surface area contributed by atoms with Gasteiger partial charge >= 0.3 is 0 Å². The van der Waals surface area contributed by atoms with Gasteiger partial charge in [-0.1, -0.05) is 60.7 Å². The lowest BCUT2D eigenvalue weighted by molar-refractivity contribution is -0.129. The molecule has 7 heteroatoms. The first-order chi connectivity index (χ1) is 17.9. The van der Waals surface area contributed by atoms with Gasteiger partial charge in [-0.05, 0) is 62.1 Å². The van der Waals surface area contributed by atoms with Gasteiger partial charge in [0, 0.05) is 66.3 Å². The van der Waals surface area contributed by atoms with Crippen molar-refractivity contribution in [2.45, 2.75) is 62.8 Å². The van der Waals surface area contributed by atoms with Gasteiger partial charge < -0.3 is 9.80 Å². The number of hydrogen-bond donors (Lipinski definition) is 0. The lowest BCUT2D eigenvalue weighted by Crippen LogP contribution is -2.51. The summed E-state index contributed by atoms with van der Waals surface area (Å²) in [7, 11) is 0. The molecule has 0 aromatic heterocycles. The van der Waals surface area contributed by atoms with E-state index >= 15 is 0 Å². The molecule has 2 aromatic carbocycles. The molecule has 2 aliphatic heterocycles. The van der Waals surface area contributed by atoms with Crippen LogP contribution in [0.4, 0.5) is 4.39 Å². The third kappa shape index (κ3) is 6.33. The van der Waals surface area contributed by atoms with E-state index in [0.717, 1.165) is 56.6 Å². The van der Waals surface area contributed by atoms with Crippen molar-refractivity contribution in [1.29, 1.82) is 0 Å². The highest BCUT2D eigenvalue weighted by Gasteiger charge is 2.41. The van der Waals surface area contributed by atoms with Crippen LogP contribution >= 0.6 is 23.2 Å². The number of halogens is 3. The molecule has 0 unspecified atom stereocenters. The third-order valence-corrected chi connectivity index (χ3v) is 9.53. The van der Waals surface area contributed by atoms with Crippen LogP contribution in [0.5, 0.6) is 0 Å². The summed E-state index contributed by atoms with van der Waals surface area (Å²) in [5, 5.41) is 1.03. The van der Waals surface area contributed by atoms with Crippen LogP contribution in [-0.2, 0) is 16.6 Å². The van der Waals surface area contributed by atoms with E-state index in [9.17, 15) is 9.18 Å². The lowest BCUT2D eigenvalue weighted by Gasteiger charge is -2.41. The Bertz CT molecular complexity index is 1060. The second-order valence-corrected chi connectivity index (χ2v) is 12.0. The zero-order valence-electron chi connectivity index (χ0n) is 21.6. The van der Waals surface area contributed by atoms with Gasteiger partial charge in [0.1, 0.15) is 5.82 Å². The van der Waals surface area contributed by atoms with Crippen LogP contribution in [0.25, 0.3) is 0 Å². The van der Waals surface area contributed by atoms with Crippen LogP contribution in [0, 0.1) is 5.82 Å². The normalized spacial score (nSPS) is 24.0. The molecule has 5 rings (SSSR count). The highest BCUT2D eigenvalue weighted by molar-refractivity contribution is 6.31. The second-order valence-electron chi connectivity index (χ2n) is 11.2. The Hall–Kier alpha value is -1.66. The first kappa shape index (κ1) is 26.9. The number of piperazine rings is 1. The fourth-order valence-corrected chi connectivity index (χ4v) is 7.04. The van der Waals surface area contributed by atoms with Crippen LogP contribution in [0.15, 0.2) is 42.5 Å².